The van der Waals surface area contributed by atoms with Crippen LogP contribution in [0, 0.1) is 0 Å². The molecule has 2 aliphatic rings. The second-order valence-corrected chi connectivity index (χ2v) is 10.4. The minimum absolute atomic E-state index is 0.341. The van der Waals surface area contributed by atoms with Crippen molar-refractivity contribution < 1.29 is 33.5 Å². The van der Waals surface area contributed by atoms with Crippen LogP contribution in [0.3, 0.4) is 0 Å². The maximum atomic E-state index is 8.80. The van der Waals surface area contributed by atoms with Gasteiger partial charge in [0.15, 0.2) is 0 Å². The highest BCUT2D eigenvalue weighted by atomic mass is 16.6. The van der Waals surface area contributed by atoms with Crippen molar-refractivity contribution in [2.24, 2.45) is 0 Å². The molecule has 0 saturated carbocycles. The van der Waals surface area contributed by atoms with E-state index >= 15 is 0 Å². The lowest BCUT2D eigenvalue weighted by molar-refractivity contribution is 0.00980. The zero-order valence-corrected chi connectivity index (χ0v) is 40.1. The van der Waals surface area contributed by atoms with Crippen LogP contribution in [-0.2, 0) is 28.4 Å². The second kappa shape index (κ2) is 78.0. The summed E-state index contributed by atoms with van der Waals surface area (Å²) >= 11 is 0. The van der Waals surface area contributed by atoms with Gasteiger partial charge in [0.2, 0.25) is 0 Å². The topological polar surface area (TPSA) is 82.2 Å². The average molecular weight is 817 g/mol. The predicted molar refractivity (Wildman–Crippen MR) is 256 cm³/mol. The average Bonchev–Trinajstić information content (AvgIpc) is 4.27. The molecule has 0 amide bonds. The molecule has 0 aliphatic carbocycles. The maximum Gasteiger partial charge on any atom is 0.104 e. The zero-order chi connectivity index (χ0) is 45.6. The summed E-state index contributed by atoms with van der Waals surface area (Å²) in [7, 11) is 6.45. The molecule has 58 heavy (non-hydrogen) atoms. The Labute approximate surface area is 360 Å². The number of hydrogen-bond donors (Lipinski definition) is 1. The highest BCUT2D eigenvalue weighted by molar-refractivity contribution is 5.01. The molecule has 0 aromatic heterocycles. The van der Waals surface area contributed by atoms with Gasteiger partial charge >= 0.3 is 0 Å². The molecule has 338 valence electrons. The van der Waals surface area contributed by atoms with Gasteiger partial charge in [0, 0.05) is 28.4 Å². The highest BCUT2D eigenvalue weighted by Gasteiger charge is 2.21. The molecule has 2 fully saturated rings. The lowest BCUT2D eigenvalue weighted by Gasteiger charge is -2.05. The summed E-state index contributed by atoms with van der Waals surface area (Å²) in [6.45, 7) is 28.5. The zero-order valence-electron chi connectivity index (χ0n) is 40.1. The van der Waals surface area contributed by atoms with Gasteiger partial charge in [-0.05, 0) is 0 Å². The van der Waals surface area contributed by atoms with Crippen molar-refractivity contribution in [2.45, 2.75) is 114 Å². The van der Waals surface area contributed by atoms with E-state index in [1.54, 1.807) is 28.4 Å². The number of methoxy groups -OCH3 is 4. The first kappa shape index (κ1) is 69.2. The Morgan fingerprint density at radius 1 is 0.379 bits per heavy atom. The number of epoxide rings is 2. The van der Waals surface area contributed by atoms with Gasteiger partial charge in [-0.15, -0.1) is 0 Å². The predicted octanol–water partition coefficient (Wildman–Crippen LogP) is 13.4. The molecule has 6 rings (SSSR count). The third-order valence-electron chi connectivity index (χ3n) is 4.89. The van der Waals surface area contributed by atoms with Gasteiger partial charge in [-0.1, -0.05) is 242 Å². The van der Waals surface area contributed by atoms with Crippen LogP contribution in [0.15, 0.2) is 146 Å². The molecule has 7 heteroatoms. The Kier molecular flexibility index (Phi) is 93.1. The molecule has 4 aromatic carbocycles. The van der Waals surface area contributed by atoms with Crippen molar-refractivity contribution in [3.63, 3.8) is 0 Å². The van der Waals surface area contributed by atoms with E-state index in [-0.39, 0.29) is 0 Å². The first-order chi connectivity index (χ1) is 28.5. The molecule has 2 saturated heterocycles. The number of rotatable bonds is 8. The van der Waals surface area contributed by atoms with Gasteiger partial charge in [0.1, 0.15) is 18.3 Å². The van der Waals surface area contributed by atoms with Crippen LogP contribution in [-0.4, -0.2) is 91.5 Å². The van der Waals surface area contributed by atoms with E-state index in [0.717, 1.165) is 26.4 Å². The van der Waals surface area contributed by atoms with Crippen molar-refractivity contribution in [3.05, 3.63) is 146 Å². The molecule has 2 atom stereocenters. The van der Waals surface area contributed by atoms with Gasteiger partial charge < -0.3 is 33.5 Å². The standard InChI is InChI=1S/4C6H6.C5H12O3.2C4H8O2.2C3H8.4C2H6/c4*1-2-4-6-5-3-1;1-7-3-5(6)4-8-2;2*1-5-2-4-3-6-4;2*1-3-2;4*1-2/h4*1-6H;5-6H,3-4H2,1-2H3;2*4H,2-3H2,1H3;2*3H2,1-2H3;4*1-2H3. The van der Waals surface area contributed by atoms with Crippen LogP contribution in [0.25, 0.3) is 0 Å². The van der Waals surface area contributed by atoms with E-state index in [4.69, 9.17) is 24.1 Å². The lowest BCUT2D eigenvalue weighted by atomic mass is 10.4. The fourth-order valence-corrected chi connectivity index (χ4v) is 2.67. The normalized spacial score (nSPS) is 12.1. The van der Waals surface area contributed by atoms with Gasteiger partial charge in [-0.25, -0.2) is 0 Å². The Morgan fingerprint density at radius 3 is 0.586 bits per heavy atom. The van der Waals surface area contributed by atoms with Crippen LogP contribution >= 0.6 is 0 Å². The van der Waals surface area contributed by atoms with Crippen LogP contribution in [0.4, 0.5) is 0 Å². The number of ether oxygens (including phenoxy) is 6. The quantitative estimate of drug-likeness (QED) is 0.177. The van der Waals surface area contributed by atoms with Crippen LogP contribution in [0.2, 0.25) is 0 Å². The van der Waals surface area contributed by atoms with E-state index in [1.165, 1.54) is 12.8 Å². The first-order valence-corrected chi connectivity index (χ1v) is 21.4. The summed E-state index contributed by atoms with van der Waals surface area (Å²) in [4.78, 5) is 0. The third kappa shape index (κ3) is 94.0. The van der Waals surface area contributed by atoms with Crippen LogP contribution < -0.4 is 0 Å². The lowest BCUT2D eigenvalue weighted by Crippen LogP contribution is -2.19. The van der Waals surface area contributed by atoms with Crippen molar-refractivity contribution in [1.82, 2.24) is 0 Å². The smallest absolute Gasteiger partial charge is 0.104 e. The molecule has 2 aliphatic heterocycles. The minimum atomic E-state index is -0.481. The Balaban J connectivity index is -0.0000000996. The summed E-state index contributed by atoms with van der Waals surface area (Å²) in [6.07, 6.45) is 2.87. The highest BCUT2D eigenvalue weighted by Crippen LogP contribution is 2.07. The molecule has 2 unspecified atom stereocenters. The van der Waals surface area contributed by atoms with E-state index in [9.17, 15) is 0 Å². The number of benzene rings is 4. The van der Waals surface area contributed by atoms with Crippen molar-refractivity contribution in [3.8, 4) is 0 Å². The molecule has 7 nitrogen and oxygen atoms in total. The largest absolute Gasteiger partial charge is 0.388 e. The van der Waals surface area contributed by atoms with Crippen LogP contribution in [0.5, 0.6) is 0 Å². The van der Waals surface area contributed by atoms with Gasteiger partial charge in [-0.2, -0.15) is 0 Å². The molecule has 0 spiro atoms. The summed E-state index contributed by atoms with van der Waals surface area (Å²) in [5, 5.41) is 8.80. The third-order valence-corrected chi connectivity index (χ3v) is 4.89. The number of hydrogen-bond acceptors (Lipinski definition) is 7. The summed E-state index contributed by atoms with van der Waals surface area (Å²) in [5.74, 6) is 0. The Morgan fingerprint density at radius 2 is 0.517 bits per heavy atom. The van der Waals surface area contributed by atoms with Crippen molar-refractivity contribution >= 4 is 0 Å². The second-order valence-electron chi connectivity index (χ2n) is 10.4. The first-order valence-electron chi connectivity index (χ1n) is 21.4. The molecule has 0 radical (unpaired) electrons. The molecular formula is C51H92O7. The van der Waals surface area contributed by atoms with Crippen LogP contribution in [0.1, 0.15) is 95.9 Å². The fraction of sp³-hybridized carbons (Fsp3) is 0.529. The van der Waals surface area contributed by atoms with E-state index < -0.39 is 6.10 Å². The molecule has 2 heterocycles. The number of aliphatic hydroxyl groups is 1. The summed E-state index contributed by atoms with van der Waals surface area (Å²) < 4.78 is 28.4. The molecule has 0 bridgehead atoms. The van der Waals surface area contributed by atoms with E-state index in [1.807, 2.05) is 201 Å². The summed E-state index contributed by atoms with van der Waals surface area (Å²) in [6, 6.07) is 48.0. The minimum Gasteiger partial charge on any atom is -0.388 e. The van der Waals surface area contributed by atoms with E-state index in [2.05, 4.69) is 37.2 Å². The van der Waals surface area contributed by atoms with Crippen molar-refractivity contribution in [1.29, 1.82) is 0 Å². The SMILES string of the molecule is CC.CC.CC.CC.CCC.CCC.COCC(O)COC.COCC1CO1.COCC1CO1.c1ccccc1.c1ccccc1.c1ccccc1.c1ccccc1. The monoisotopic (exact) mass is 817 g/mol. The van der Waals surface area contributed by atoms with Gasteiger partial charge in [-0.3, -0.25) is 0 Å². The maximum absolute atomic E-state index is 8.80. The van der Waals surface area contributed by atoms with Crippen molar-refractivity contribution in [2.75, 3.05) is 68.1 Å². The molecule has 1 N–H and O–H groups in total. The fourth-order valence-electron chi connectivity index (χ4n) is 2.67. The number of aliphatic hydroxyl groups excluding tert-OH is 1. The van der Waals surface area contributed by atoms with E-state index in [0.29, 0.717) is 25.4 Å². The Bertz CT molecular complexity index is 767. The Hall–Kier alpha value is -3.40. The van der Waals surface area contributed by atoms with Gasteiger partial charge in [0.05, 0.1) is 39.6 Å². The van der Waals surface area contributed by atoms with Gasteiger partial charge in [0.25, 0.3) is 0 Å². The molecular weight excluding hydrogens is 725 g/mol. The molecule has 4 aromatic rings. The summed E-state index contributed by atoms with van der Waals surface area (Å²) in [5.41, 5.74) is 0.